The Morgan fingerprint density at radius 1 is 1.31 bits per heavy atom. The second-order valence-corrected chi connectivity index (χ2v) is 7.71. The number of benzene rings is 1. The molecule has 1 saturated heterocycles. The van der Waals surface area contributed by atoms with Crippen LogP contribution < -0.4 is 10.5 Å². The van der Waals surface area contributed by atoms with Gasteiger partial charge in [0.1, 0.15) is 23.5 Å². The van der Waals surface area contributed by atoms with Crippen LogP contribution in [0.25, 0.3) is 6.08 Å². The van der Waals surface area contributed by atoms with Gasteiger partial charge < -0.3 is 24.7 Å². The third-order valence-electron chi connectivity index (χ3n) is 6.08. The van der Waals surface area contributed by atoms with Gasteiger partial charge in [-0.15, -0.1) is 0 Å². The molecule has 3 heterocycles. The van der Waals surface area contributed by atoms with E-state index in [1.54, 1.807) is 7.11 Å². The van der Waals surface area contributed by atoms with Crippen LogP contribution in [0.3, 0.4) is 0 Å². The van der Waals surface area contributed by atoms with Crippen LogP contribution in [0, 0.1) is 5.41 Å². The SMILES string of the molecule is COCC=Cc1ccc2c(c1)C1(COC(N)=N1)C1(CCOC1)C(C)(C)O2. The number of amidine groups is 1. The summed E-state index contributed by atoms with van der Waals surface area (Å²) in [5.74, 6) is 0.832. The molecule has 1 aromatic rings. The number of nitrogens with zero attached hydrogens (tertiary/aromatic N) is 1. The van der Waals surface area contributed by atoms with Crippen molar-refractivity contribution in [3.05, 3.63) is 35.4 Å². The van der Waals surface area contributed by atoms with Gasteiger partial charge in [0.15, 0.2) is 0 Å². The Labute approximate surface area is 154 Å². The minimum atomic E-state index is -0.601. The average molecular weight is 358 g/mol. The summed E-state index contributed by atoms with van der Waals surface area (Å²) >= 11 is 0. The summed E-state index contributed by atoms with van der Waals surface area (Å²) in [5, 5.41) is 0. The Morgan fingerprint density at radius 2 is 2.15 bits per heavy atom. The second-order valence-electron chi connectivity index (χ2n) is 7.71. The molecular weight excluding hydrogens is 332 g/mol. The number of methoxy groups -OCH3 is 1. The molecule has 6 nitrogen and oxygen atoms in total. The number of hydrogen-bond donors (Lipinski definition) is 1. The monoisotopic (exact) mass is 358 g/mol. The number of hydrogen-bond acceptors (Lipinski definition) is 6. The van der Waals surface area contributed by atoms with E-state index >= 15 is 0 Å². The first kappa shape index (κ1) is 17.4. The first-order valence-electron chi connectivity index (χ1n) is 8.99. The van der Waals surface area contributed by atoms with Crippen LogP contribution in [0.5, 0.6) is 5.75 Å². The number of ether oxygens (including phenoxy) is 4. The van der Waals surface area contributed by atoms with Crippen LogP contribution in [0.2, 0.25) is 0 Å². The molecule has 3 aliphatic rings. The predicted octanol–water partition coefficient (Wildman–Crippen LogP) is 2.46. The lowest BCUT2D eigenvalue weighted by atomic mass is 9.56. The third kappa shape index (κ3) is 2.28. The number of nitrogens with two attached hydrogens (primary N) is 1. The zero-order valence-corrected chi connectivity index (χ0v) is 15.6. The van der Waals surface area contributed by atoms with Gasteiger partial charge in [0.2, 0.25) is 0 Å². The molecule has 1 fully saturated rings. The van der Waals surface area contributed by atoms with Gasteiger partial charge >= 0.3 is 0 Å². The molecule has 0 bridgehead atoms. The first-order valence-corrected chi connectivity index (χ1v) is 8.99. The van der Waals surface area contributed by atoms with Crippen LogP contribution in [-0.4, -0.2) is 45.2 Å². The fourth-order valence-corrected chi connectivity index (χ4v) is 4.65. The predicted molar refractivity (Wildman–Crippen MR) is 99.2 cm³/mol. The summed E-state index contributed by atoms with van der Waals surface area (Å²) in [5.41, 5.74) is 6.68. The maximum atomic E-state index is 6.47. The molecule has 2 spiro atoms. The molecular formula is C20H26N2O4. The van der Waals surface area contributed by atoms with Crippen LogP contribution in [0.15, 0.2) is 29.3 Å². The van der Waals surface area contributed by atoms with Gasteiger partial charge in [-0.05, 0) is 38.0 Å². The van der Waals surface area contributed by atoms with Crippen LogP contribution in [0.1, 0.15) is 31.4 Å². The summed E-state index contributed by atoms with van der Waals surface area (Å²) in [6.07, 6.45) is 4.88. The molecule has 2 unspecified atom stereocenters. The zero-order chi connectivity index (χ0) is 18.4. The quantitative estimate of drug-likeness (QED) is 0.898. The largest absolute Gasteiger partial charge is 0.487 e. The topological polar surface area (TPSA) is 75.3 Å². The van der Waals surface area contributed by atoms with Gasteiger partial charge in [-0.2, -0.15) is 0 Å². The first-order chi connectivity index (χ1) is 12.4. The molecule has 6 heteroatoms. The molecule has 0 aliphatic carbocycles. The smallest absolute Gasteiger partial charge is 0.283 e. The molecule has 0 amide bonds. The highest BCUT2D eigenvalue weighted by Crippen LogP contribution is 2.62. The van der Waals surface area contributed by atoms with Gasteiger partial charge in [-0.1, -0.05) is 18.2 Å². The molecule has 4 rings (SSSR count). The van der Waals surface area contributed by atoms with E-state index in [0.717, 1.165) is 23.3 Å². The van der Waals surface area contributed by atoms with Gasteiger partial charge in [0.25, 0.3) is 6.02 Å². The molecule has 0 radical (unpaired) electrons. The van der Waals surface area contributed by atoms with E-state index in [1.807, 2.05) is 24.3 Å². The van der Waals surface area contributed by atoms with Crippen molar-refractivity contribution in [3.63, 3.8) is 0 Å². The Morgan fingerprint density at radius 3 is 2.81 bits per heavy atom. The Bertz CT molecular complexity index is 765. The molecule has 2 atom stereocenters. The summed E-state index contributed by atoms with van der Waals surface area (Å²) in [4.78, 5) is 4.85. The maximum Gasteiger partial charge on any atom is 0.283 e. The van der Waals surface area contributed by atoms with E-state index in [-0.39, 0.29) is 11.4 Å². The third-order valence-corrected chi connectivity index (χ3v) is 6.08. The van der Waals surface area contributed by atoms with Crippen molar-refractivity contribution < 1.29 is 18.9 Å². The molecule has 1 aromatic carbocycles. The minimum Gasteiger partial charge on any atom is -0.487 e. The standard InChI is InChI=1S/C20H26N2O4/c1-18(2)19(8-10-24-12-19)20(13-25-17(21)22-20)15-11-14(5-4-9-23-3)6-7-16(15)26-18/h4-7,11H,8-10,12-13H2,1-3H3,(H2,21,22). The highest BCUT2D eigenvalue weighted by Gasteiger charge is 2.68. The van der Waals surface area contributed by atoms with E-state index < -0.39 is 11.1 Å². The fourth-order valence-electron chi connectivity index (χ4n) is 4.65. The van der Waals surface area contributed by atoms with Gasteiger partial charge in [0.05, 0.1) is 18.6 Å². The van der Waals surface area contributed by atoms with Crippen LogP contribution >= 0.6 is 0 Å². The van der Waals surface area contributed by atoms with Crippen molar-refractivity contribution >= 4 is 12.1 Å². The van der Waals surface area contributed by atoms with Crippen molar-refractivity contribution in [2.75, 3.05) is 33.5 Å². The zero-order valence-electron chi connectivity index (χ0n) is 15.6. The summed E-state index contributed by atoms with van der Waals surface area (Å²) < 4.78 is 23.1. The lowest BCUT2D eigenvalue weighted by molar-refractivity contribution is -0.112. The van der Waals surface area contributed by atoms with Gasteiger partial charge in [-0.3, -0.25) is 0 Å². The number of fused-ring (bicyclic) bond motifs is 3. The molecule has 26 heavy (non-hydrogen) atoms. The Kier molecular flexibility index (Phi) is 4.00. The van der Waals surface area contributed by atoms with E-state index in [9.17, 15) is 0 Å². The Hall–Kier alpha value is -2.05. The number of rotatable bonds is 3. The molecule has 0 aromatic heterocycles. The lowest BCUT2D eigenvalue weighted by Crippen LogP contribution is -2.63. The van der Waals surface area contributed by atoms with Crippen LogP contribution in [-0.2, 0) is 19.7 Å². The fraction of sp³-hybridized carbons (Fsp3) is 0.550. The van der Waals surface area contributed by atoms with Gasteiger partial charge in [0, 0.05) is 19.3 Å². The normalized spacial score (nSPS) is 31.9. The molecule has 3 aliphatic heterocycles. The maximum absolute atomic E-state index is 6.47. The Balaban J connectivity index is 1.89. The highest BCUT2D eigenvalue weighted by atomic mass is 16.5. The van der Waals surface area contributed by atoms with Crippen LogP contribution in [0.4, 0.5) is 0 Å². The summed E-state index contributed by atoms with van der Waals surface area (Å²) in [6.45, 7) is 6.46. The molecule has 0 saturated carbocycles. The van der Waals surface area contributed by atoms with Gasteiger partial charge in [-0.25, -0.2) is 4.99 Å². The number of aliphatic imine (C=N–C) groups is 1. The molecule has 140 valence electrons. The van der Waals surface area contributed by atoms with Crippen molar-refractivity contribution in [2.24, 2.45) is 16.1 Å². The van der Waals surface area contributed by atoms with Crippen molar-refractivity contribution in [1.29, 1.82) is 0 Å². The van der Waals surface area contributed by atoms with Crippen molar-refractivity contribution in [3.8, 4) is 5.75 Å². The van der Waals surface area contributed by atoms with E-state index in [1.165, 1.54) is 0 Å². The summed E-state index contributed by atoms with van der Waals surface area (Å²) in [7, 11) is 1.68. The lowest BCUT2D eigenvalue weighted by Gasteiger charge is -2.55. The minimum absolute atomic E-state index is 0.236. The van der Waals surface area contributed by atoms with E-state index in [4.69, 9.17) is 29.7 Å². The average Bonchev–Trinajstić information content (AvgIpc) is 3.24. The van der Waals surface area contributed by atoms with E-state index in [0.29, 0.717) is 26.4 Å². The summed E-state index contributed by atoms with van der Waals surface area (Å²) in [6, 6.07) is 6.42. The van der Waals surface area contributed by atoms with E-state index in [2.05, 4.69) is 19.9 Å². The second kappa shape index (κ2) is 5.99. The van der Waals surface area contributed by atoms with Crippen molar-refractivity contribution in [1.82, 2.24) is 0 Å². The highest BCUT2D eigenvalue weighted by molar-refractivity contribution is 5.75. The molecule has 2 N–H and O–H groups in total. The van der Waals surface area contributed by atoms with Crippen molar-refractivity contribution in [2.45, 2.75) is 31.4 Å².